The van der Waals surface area contributed by atoms with Gasteiger partial charge in [0.15, 0.2) is 0 Å². The van der Waals surface area contributed by atoms with Crippen molar-refractivity contribution in [2.45, 2.75) is 19.5 Å². The van der Waals surface area contributed by atoms with Crippen molar-refractivity contribution in [3.05, 3.63) is 64.4 Å². The van der Waals surface area contributed by atoms with E-state index in [9.17, 15) is 14.0 Å². The van der Waals surface area contributed by atoms with Crippen LogP contribution in [-0.2, 0) is 16.1 Å². The molecule has 1 N–H and O–H groups in total. The van der Waals surface area contributed by atoms with Gasteiger partial charge in [0, 0.05) is 17.5 Å². The number of carbonyl (C=O) groups excluding carboxylic acids is 2. The smallest absolute Gasteiger partial charge is 0.254 e. The fraction of sp³-hybridized carbons (Fsp3) is 0.176. The van der Waals surface area contributed by atoms with Crippen LogP contribution in [0.3, 0.4) is 0 Å². The Morgan fingerprint density at radius 3 is 2.74 bits per heavy atom. The molecule has 1 aliphatic heterocycles. The summed E-state index contributed by atoms with van der Waals surface area (Å²) in [7, 11) is 0. The molecule has 0 spiro atoms. The molecule has 1 atom stereocenters. The third kappa shape index (κ3) is 2.92. The summed E-state index contributed by atoms with van der Waals surface area (Å²) >= 11 is 6.16. The fourth-order valence-electron chi connectivity index (χ4n) is 2.71. The normalized spacial score (nSPS) is 16.4. The van der Waals surface area contributed by atoms with Crippen molar-refractivity contribution in [1.29, 1.82) is 0 Å². The van der Waals surface area contributed by atoms with Gasteiger partial charge in [0.25, 0.3) is 5.91 Å². The first-order valence-corrected chi connectivity index (χ1v) is 7.46. The predicted octanol–water partition coefficient (Wildman–Crippen LogP) is 3.20. The van der Waals surface area contributed by atoms with Gasteiger partial charge in [-0.1, -0.05) is 29.8 Å². The van der Waals surface area contributed by atoms with Crippen molar-refractivity contribution < 1.29 is 14.0 Å². The van der Waals surface area contributed by atoms with Crippen LogP contribution >= 0.6 is 11.6 Å². The summed E-state index contributed by atoms with van der Waals surface area (Å²) in [4.78, 5) is 25.5. The molecule has 1 aliphatic rings. The van der Waals surface area contributed by atoms with Crippen LogP contribution in [0.1, 0.15) is 24.1 Å². The highest BCUT2D eigenvalue weighted by atomic mass is 35.5. The number of amides is 2. The average Bonchev–Trinajstić information content (AvgIpc) is 2.74. The van der Waals surface area contributed by atoms with Crippen molar-refractivity contribution >= 4 is 29.1 Å². The molecular formula is C17H14ClFN2O2. The Kier molecular flexibility index (Phi) is 4.05. The number of halogens is 2. The van der Waals surface area contributed by atoms with Gasteiger partial charge in [-0.05, 0) is 29.8 Å². The Morgan fingerprint density at radius 2 is 2.04 bits per heavy atom. The third-order valence-corrected chi connectivity index (χ3v) is 4.11. The predicted molar refractivity (Wildman–Crippen MR) is 85.6 cm³/mol. The second-order valence-corrected chi connectivity index (χ2v) is 5.76. The summed E-state index contributed by atoms with van der Waals surface area (Å²) in [5.41, 5.74) is 1.81. The monoisotopic (exact) mass is 332 g/mol. The largest absolute Gasteiger partial charge is 0.341 e. The molecule has 3 rings (SSSR count). The standard InChI is InChI=1S/C17H14ClFN2O2/c1-10(22)20-16-13-8-12(19)6-7-15(13)21(17(16)23)9-11-4-2-3-5-14(11)18/h2-8,16H,9H2,1H3,(H,20,22). The highest BCUT2D eigenvalue weighted by Gasteiger charge is 2.38. The first-order valence-electron chi connectivity index (χ1n) is 7.08. The molecular weight excluding hydrogens is 319 g/mol. The maximum absolute atomic E-state index is 13.6. The second kappa shape index (κ2) is 6.01. The zero-order valence-electron chi connectivity index (χ0n) is 12.3. The van der Waals surface area contributed by atoms with Crippen LogP contribution in [0.4, 0.5) is 10.1 Å². The van der Waals surface area contributed by atoms with Gasteiger partial charge in [-0.3, -0.25) is 9.59 Å². The Morgan fingerprint density at radius 1 is 1.30 bits per heavy atom. The van der Waals surface area contributed by atoms with E-state index in [1.165, 1.54) is 24.0 Å². The van der Waals surface area contributed by atoms with Crippen LogP contribution < -0.4 is 10.2 Å². The van der Waals surface area contributed by atoms with E-state index < -0.39 is 11.9 Å². The zero-order valence-corrected chi connectivity index (χ0v) is 13.1. The minimum Gasteiger partial charge on any atom is -0.341 e. The van der Waals surface area contributed by atoms with Gasteiger partial charge in [0.05, 0.1) is 12.2 Å². The van der Waals surface area contributed by atoms with E-state index >= 15 is 0 Å². The fourth-order valence-corrected chi connectivity index (χ4v) is 2.91. The number of nitrogens with one attached hydrogen (secondary N) is 1. The van der Waals surface area contributed by atoms with Gasteiger partial charge < -0.3 is 10.2 Å². The summed E-state index contributed by atoms with van der Waals surface area (Å²) in [5.74, 6) is -1.11. The Labute approximate surface area is 137 Å². The molecule has 4 nitrogen and oxygen atoms in total. The van der Waals surface area contributed by atoms with E-state index in [2.05, 4.69) is 5.32 Å². The number of carbonyl (C=O) groups is 2. The quantitative estimate of drug-likeness (QED) is 0.938. The molecule has 6 heteroatoms. The maximum atomic E-state index is 13.6. The van der Waals surface area contributed by atoms with Crippen LogP contribution in [0.5, 0.6) is 0 Å². The summed E-state index contributed by atoms with van der Waals surface area (Å²) in [6, 6.07) is 10.4. The molecule has 1 unspecified atom stereocenters. The summed E-state index contributed by atoms with van der Waals surface area (Å²) in [6.07, 6.45) is 0. The van der Waals surface area contributed by atoms with Crippen LogP contribution in [0.15, 0.2) is 42.5 Å². The van der Waals surface area contributed by atoms with Gasteiger partial charge in [-0.2, -0.15) is 0 Å². The second-order valence-electron chi connectivity index (χ2n) is 5.35. The first-order chi connectivity index (χ1) is 11.0. The number of rotatable bonds is 3. The molecule has 2 aromatic carbocycles. The summed E-state index contributed by atoms with van der Waals surface area (Å²) in [6.45, 7) is 1.58. The molecule has 0 radical (unpaired) electrons. The molecule has 2 amide bonds. The van der Waals surface area contributed by atoms with E-state index in [0.717, 1.165) is 5.56 Å². The van der Waals surface area contributed by atoms with Crippen molar-refractivity contribution in [2.75, 3.05) is 4.90 Å². The van der Waals surface area contributed by atoms with Crippen molar-refractivity contribution in [2.24, 2.45) is 0 Å². The van der Waals surface area contributed by atoms with E-state index in [1.54, 1.807) is 18.2 Å². The lowest BCUT2D eigenvalue weighted by Crippen LogP contribution is -2.36. The van der Waals surface area contributed by atoms with E-state index in [4.69, 9.17) is 11.6 Å². The van der Waals surface area contributed by atoms with Crippen LogP contribution in [-0.4, -0.2) is 11.8 Å². The molecule has 0 bridgehead atoms. The van der Waals surface area contributed by atoms with E-state index in [0.29, 0.717) is 16.3 Å². The van der Waals surface area contributed by atoms with Gasteiger partial charge in [-0.15, -0.1) is 0 Å². The molecule has 0 saturated heterocycles. The Bertz CT molecular complexity index is 794. The Hall–Kier alpha value is -2.40. The summed E-state index contributed by atoms with van der Waals surface area (Å²) < 4.78 is 13.6. The maximum Gasteiger partial charge on any atom is 0.254 e. The summed E-state index contributed by atoms with van der Waals surface area (Å²) in [5, 5.41) is 3.12. The van der Waals surface area contributed by atoms with Crippen LogP contribution in [0, 0.1) is 5.82 Å². The highest BCUT2D eigenvalue weighted by molar-refractivity contribution is 6.31. The molecule has 0 aliphatic carbocycles. The number of fused-ring (bicyclic) bond motifs is 1. The minimum absolute atomic E-state index is 0.257. The van der Waals surface area contributed by atoms with Gasteiger partial charge in [0.2, 0.25) is 5.91 Å². The third-order valence-electron chi connectivity index (χ3n) is 3.74. The average molecular weight is 333 g/mol. The highest BCUT2D eigenvalue weighted by Crippen LogP contribution is 2.37. The zero-order chi connectivity index (χ0) is 16.6. The number of hydrogen-bond acceptors (Lipinski definition) is 2. The molecule has 118 valence electrons. The first kappa shape index (κ1) is 15.5. The molecule has 0 aromatic heterocycles. The topological polar surface area (TPSA) is 49.4 Å². The molecule has 2 aromatic rings. The lowest BCUT2D eigenvalue weighted by Gasteiger charge is -2.19. The minimum atomic E-state index is -0.874. The SMILES string of the molecule is CC(=O)NC1C(=O)N(Cc2ccccc2Cl)c2ccc(F)cc21. The number of nitrogens with zero attached hydrogens (tertiary/aromatic N) is 1. The van der Waals surface area contributed by atoms with Gasteiger partial charge >= 0.3 is 0 Å². The Balaban J connectivity index is 2.00. The van der Waals surface area contributed by atoms with E-state index in [-0.39, 0.29) is 18.4 Å². The molecule has 1 heterocycles. The van der Waals surface area contributed by atoms with Gasteiger partial charge in [0.1, 0.15) is 11.9 Å². The van der Waals surface area contributed by atoms with Gasteiger partial charge in [-0.25, -0.2) is 4.39 Å². The van der Waals surface area contributed by atoms with Crippen molar-refractivity contribution in [3.63, 3.8) is 0 Å². The van der Waals surface area contributed by atoms with Crippen LogP contribution in [0.2, 0.25) is 5.02 Å². The van der Waals surface area contributed by atoms with E-state index in [1.807, 2.05) is 12.1 Å². The lowest BCUT2D eigenvalue weighted by atomic mass is 10.1. The molecule has 0 saturated carbocycles. The van der Waals surface area contributed by atoms with Crippen LogP contribution in [0.25, 0.3) is 0 Å². The van der Waals surface area contributed by atoms with Crippen molar-refractivity contribution in [1.82, 2.24) is 5.32 Å². The molecule has 23 heavy (non-hydrogen) atoms. The lowest BCUT2D eigenvalue weighted by molar-refractivity contribution is -0.126. The molecule has 0 fully saturated rings. The number of hydrogen-bond donors (Lipinski definition) is 1. The number of anilines is 1. The number of benzene rings is 2. The van der Waals surface area contributed by atoms with Crippen molar-refractivity contribution in [3.8, 4) is 0 Å².